The monoisotopic (exact) mass is 435 g/mol. The quantitative estimate of drug-likeness (QED) is 0.497. The van der Waals surface area contributed by atoms with Crippen molar-refractivity contribution in [1.29, 1.82) is 0 Å². The predicted octanol–water partition coefficient (Wildman–Crippen LogP) is 4.20. The number of likely N-dealkylation sites (tertiary alicyclic amines) is 1. The number of hydrogen-bond donors (Lipinski definition) is 0. The normalized spacial score (nSPS) is 16.4. The SMILES string of the molecule is Cc1ccc(OC2CCN(C(=O)OC(C)(C)C)CC2)cc1BOC(C)(C)C(C)(C)P. The van der Waals surface area contributed by atoms with Crippen molar-refractivity contribution in [3.63, 3.8) is 0 Å². The van der Waals surface area contributed by atoms with E-state index in [1.807, 2.05) is 26.8 Å². The molecule has 0 aromatic heterocycles. The summed E-state index contributed by atoms with van der Waals surface area (Å²) in [7, 11) is 3.42. The van der Waals surface area contributed by atoms with Gasteiger partial charge in [0.15, 0.2) is 0 Å². The molecule has 1 aromatic rings. The Morgan fingerprint density at radius 2 is 1.70 bits per heavy atom. The molecule has 30 heavy (non-hydrogen) atoms. The first-order chi connectivity index (χ1) is 13.7. The Kier molecular flexibility index (Phi) is 7.91. The first-order valence-electron chi connectivity index (χ1n) is 10.8. The molecule has 5 nitrogen and oxygen atoms in total. The standard InChI is InChI=1S/C23H39BNO4P/c1-16-9-10-18(15-19(16)24-29-22(5,6)23(7,8)30)27-17-11-13-25(14-12-17)20(26)28-21(2,3)4/h9-10,15,17,24H,11-14,30H2,1-8H3. The first kappa shape index (κ1) is 25.0. The van der Waals surface area contributed by atoms with Gasteiger partial charge in [-0.3, -0.25) is 0 Å². The fourth-order valence-corrected chi connectivity index (χ4v) is 3.08. The molecule has 0 N–H and O–H groups in total. The number of carbonyl (C=O) groups excluding carboxylic acids is 1. The summed E-state index contributed by atoms with van der Waals surface area (Å²) in [5, 5.41) is -0.0306. The van der Waals surface area contributed by atoms with Crippen LogP contribution in [0.1, 0.15) is 66.9 Å². The van der Waals surface area contributed by atoms with Crippen LogP contribution < -0.4 is 10.2 Å². The minimum absolute atomic E-state index is 0.0306. The van der Waals surface area contributed by atoms with E-state index in [4.69, 9.17) is 14.1 Å². The molecular weight excluding hydrogens is 396 g/mol. The Labute approximate surface area is 185 Å². The molecule has 1 amide bonds. The number of hydrogen-bond acceptors (Lipinski definition) is 4. The lowest BCUT2D eigenvalue weighted by Crippen LogP contribution is -2.45. The molecule has 7 heteroatoms. The first-order valence-corrected chi connectivity index (χ1v) is 11.4. The van der Waals surface area contributed by atoms with Crippen molar-refractivity contribution in [2.75, 3.05) is 13.1 Å². The lowest BCUT2D eigenvalue weighted by molar-refractivity contribution is 0.0126. The van der Waals surface area contributed by atoms with Gasteiger partial charge in [-0.15, -0.1) is 9.24 Å². The zero-order chi connectivity index (χ0) is 22.7. The topological polar surface area (TPSA) is 48.0 Å². The van der Waals surface area contributed by atoms with E-state index in [9.17, 15) is 4.79 Å². The number of aryl methyl sites for hydroxylation is 1. The van der Waals surface area contributed by atoms with Crippen LogP contribution in [0, 0.1) is 6.92 Å². The van der Waals surface area contributed by atoms with Gasteiger partial charge >= 0.3 is 13.6 Å². The van der Waals surface area contributed by atoms with E-state index in [0.717, 1.165) is 24.1 Å². The van der Waals surface area contributed by atoms with E-state index in [2.05, 4.69) is 56.0 Å². The molecular formula is C23H39BNO4P. The van der Waals surface area contributed by atoms with Gasteiger partial charge in [-0.1, -0.05) is 25.5 Å². The van der Waals surface area contributed by atoms with Crippen LogP contribution in [0.4, 0.5) is 4.79 Å². The third-order valence-electron chi connectivity index (χ3n) is 5.86. The van der Waals surface area contributed by atoms with Crippen LogP contribution in [-0.2, 0) is 9.39 Å². The molecule has 0 spiro atoms. The van der Waals surface area contributed by atoms with E-state index in [-0.39, 0.29) is 23.0 Å². The summed E-state index contributed by atoms with van der Waals surface area (Å²) in [5.74, 6) is 0.859. The molecule has 1 atom stereocenters. The van der Waals surface area contributed by atoms with E-state index >= 15 is 0 Å². The Hall–Kier alpha value is -1.26. The highest BCUT2D eigenvalue weighted by atomic mass is 31.0. The highest BCUT2D eigenvalue weighted by Crippen LogP contribution is 2.33. The molecule has 0 saturated carbocycles. The molecule has 1 aromatic carbocycles. The summed E-state index contributed by atoms with van der Waals surface area (Å²) in [4.78, 5) is 14.0. The van der Waals surface area contributed by atoms with Crippen LogP contribution in [-0.4, -0.2) is 54.0 Å². The van der Waals surface area contributed by atoms with Crippen molar-refractivity contribution in [1.82, 2.24) is 4.90 Å². The summed E-state index contributed by atoms with van der Waals surface area (Å²) < 4.78 is 18.0. The summed E-state index contributed by atoms with van der Waals surface area (Å²) >= 11 is 0. The van der Waals surface area contributed by atoms with Crippen molar-refractivity contribution in [2.24, 2.45) is 0 Å². The number of piperidine rings is 1. The fraction of sp³-hybridized carbons (Fsp3) is 0.696. The molecule has 1 aliphatic rings. The average Bonchev–Trinajstić information content (AvgIpc) is 2.60. The predicted molar refractivity (Wildman–Crippen MR) is 128 cm³/mol. The Morgan fingerprint density at radius 1 is 1.10 bits per heavy atom. The van der Waals surface area contributed by atoms with E-state index < -0.39 is 5.60 Å². The van der Waals surface area contributed by atoms with Gasteiger partial charge in [-0.25, -0.2) is 4.79 Å². The zero-order valence-corrected chi connectivity index (χ0v) is 21.2. The maximum Gasteiger partial charge on any atom is 0.410 e. The average molecular weight is 435 g/mol. The maximum atomic E-state index is 12.2. The molecule has 0 bridgehead atoms. The van der Waals surface area contributed by atoms with Crippen LogP contribution in [0.15, 0.2) is 18.2 Å². The molecule has 1 saturated heterocycles. The molecule has 0 aliphatic carbocycles. The van der Waals surface area contributed by atoms with E-state index in [0.29, 0.717) is 20.6 Å². The number of benzene rings is 1. The van der Waals surface area contributed by atoms with Crippen molar-refractivity contribution >= 4 is 28.3 Å². The second kappa shape index (κ2) is 9.48. The molecule has 1 unspecified atom stereocenters. The molecule has 2 rings (SSSR count). The van der Waals surface area contributed by atoms with Gasteiger partial charge in [0, 0.05) is 31.1 Å². The lowest BCUT2D eigenvalue weighted by Gasteiger charge is -2.39. The highest BCUT2D eigenvalue weighted by Gasteiger charge is 2.34. The molecule has 168 valence electrons. The summed E-state index contributed by atoms with van der Waals surface area (Å²) in [6.45, 7) is 17.6. The Bertz CT molecular complexity index is 732. The molecule has 1 aliphatic heterocycles. The number of nitrogens with zero attached hydrogens (tertiary/aromatic N) is 1. The molecule has 0 radical (unpaired) electrons. The smallest absolute Gasteiger partial charge is 0.410 e. The number of ether oxygens (including phenoxy) is 2. The van der Waals surface area contributed by atoms with Gasteiger partial charge in [0.25, 0.3) is 0 Å². The molecule has 1 heterocycles. The van der Waals surface area contributed by atoms with Crippen LogP contribution in [0.5, 0.6) is 5.75 Å². The van der Waals surface area contributed by atoms with Gasteiger partial charge in [-0.2, -0.15) is 0 Å². The highest BCUT2D eigenvalue weighted by molar-refractivity contribution is 7.19. The fourth-order valence-electron chi connectivity index (χ4n) is 3.00. The number of rotatable bonds is 6. The summed E-state index contributed by atoms with van der Waals surface area (Å²) in [6.07, 6.45) is 1.46. The van der Waals surface area contributed by atoms with Gasteiger partial charge in [0.2, 0.25) is 0 Å². The van der Waals surface area contributed by atoms with Crippen molar-refractivity contribution < 1.29 is 18.9 Å². The number of carbonyl (C=O) groups is 1. The van der Waals surface area contributed by atoms with Crippen molar-refractivity contribution in [2.45, 2.75) is 90.7 Å². The second-order valence-electron chi connectivity index (χ2n) is 10.4. The van der Waals surface area contributed by atoms with Gasteiger partial charge in [0.05, 0.1) is 5.60 Å². The second-order valence-corrected chi connectivity index (χ2v) is 11.8. The Balaban J connectivity index is 1.93. The van der Waals surface area contributed by atoms with Crippen LogP contribution in [0.3, 0.4) is 0 Å². The minimum Gasteiger partial charge on any atom is -0.490 e. The summed E-state index contributed by atoms with van der Waals surface area (Å²) in [5.41, 5.74) is 1.60. The van der Waals surface area contributed by atoms with Gasteiger partial charge < -0.3 is 19.0 Å². The van der Waals surface area contributed by atoms with E-state index in [1.165, 1.54) is 5.56 Å². The lowest BCUT2D eigenvalue weighted by atomic mass is 9.81. The third kappa shape index (κ3) is 7.16. The van der Waals surface area contributed by atoms with Gasteiger partial charge in [-0.05, 0) is 59.1 Å². The third-order valence-corrected chi connectivity index (χ3v) is 6.55. The van der Waals surface area contributed by atoms with Crippen LogP contribution in [0.25, 0.3) is 0 Å². The maximum absolute atomic E-state index is 12.2. The van der Waals surface area contributed by atoms with Gasteiger partial charge in [0.1, 0.15) is 17.5 Å². The van der Waals surface area contributed by atoms with Crippen LogP contribution in [0.2, 0.25) is 0 Å². The number of amides is 1. The van der Waals surface area contributed by atoms with Crippen LogP contribution >= 0.6 is 9.24 Å². The van der Waals surface area contributed by atoms with Crippen molar-refractivity contribution in [3.05, 3.63) is 23.8 Å². The summed E-state index contributed by atoms with van der Waals surface area (Å²) in [6, 6.07) is 6.19. The minimum atomic E-state index is -0.467. The molecule has 1 fully saturated rings. The largest absolute Gasteiger partial charge is 0.490 e. The Morgan fingerprint density at radius 3 is 2.23 bits per heavy atom. The van der Waals surface area contributed by atoms with E-state index in [1.54, 1.807) is 4.90 Å². The van der Waals surface area contributed by atoms with Crippen molar-refractivity contribution in [3.8, 4) is 5.75 Å². The zero-order valence-electron chi connectivity index (χ0n) is 20.0.